The summed E-state index contributed by atoms with van der Waals surface area (Å²) in [6, 6.07) is 12.3. The lowest BCUT2D eigenvalue weighted by molar-refractivity contribution is 0.262. The van der Waals surface area contributed by atoms with Gasteiger partial charge in [-0.3, -0.25) is 0 Å². The van der Waals surface area contributed by atoms with Crippen LogP contribution in [0.15, 0.2) is 42.5 Å². The van der Waals surface area contributed by atoms with Crippen molar-refractivity contribution in [1.82, 2.24) is 0 Å². The number of carbonyl (C=O) groups is 1. The number of urea groups is 1. The number of para-hydroxylation sites is 3. The van der Waals surface area contributed by atoms with Gasteiger partial charge in [-0.15, -0.1) is 0 Å². The van der Waals surface area contributed by atoms with Gasteiger partial charge in [-0.2, -0.15) is 0 Å². The molecule has 0 radical (unpaired) electrons. The molecular weight excluding hydrogens is 264 g/mol. The summed E-state index contributed by atoms with van der Waals surface area (Å²) in [5, 5.41) is 15.2. The van der Waals surface area contributed by atoms with E-state index in [1.165, 1.54) is 6.07 Å². The first-order valence-corrected chi connectivity index (χ1v) is 7.12. The van der Waals surface area contributed by atoms with Crippen molar-refractivity contribution in [1.29, 1.82) is 0 Å². The van der Waals surface area contributed by atoms with Gasteiger partial charge in [0.25, 0.3) is 0 Å². The van der Waals surface area contributed by atoms with E-state index < -0.39 is 0 Å². The molecule has 0 saturated carbocycles. The number of nitrogens with one attached hydrogen (secondary N) is 2. The number of hydrogen-bond acceptors (Lipinski definition) is 2. The van der Waals surface area contributed by atoms with Crippen LogP contribution in [0, 0.1) is 0 Å². The van der Waals surface area contributed by atoms with Gasteiger partial charge in [0.15, 0.2) is 0 Å². The standard InChI is InChI=1S/C17H20N2O2/c1-3-12-8-7-9-13(4-2)16(12)19-17(21)18-14-10-5-6-11-15(14)20/h5-11,20H,3-4H2,1-2H3,(H2,18,19,21). The first-order chi connectivity index (χ1) is 10.2. The Morgan fingerprint density at radius 3 is 2.14 bits per heavy atom. The van der Waals surface area contributed by atoms with Crippen molar-refractivity contribution in [2.45, 2.75) is 26.7 Å². The van der Waals surface area contributed by atoms with E-state index in [4.69, 9.17) is 0 Å². The number of hydrogen-bond donors (Lipinski definition) is 3. The Morgan fingerprint density at radius 1 is 0.952 bits per heavy atom. The lowest BCUT2D eigenvalue weighted by atomic mass is 10.0. The molecule has 2 rings (SSSR count). The Hall–Kier alpha value is -2.49. The fourth-order valence-electron chi connectivity index (χ4n) is 2.25. The molecule has 0 aromatic heterocycles. The highest BCUT2D eigenvalue weighted by Crippen LogP contribution is 2.24. The largest absolute Gasteiger partial charge is 0.506 e. The van der Waals surface area contributed by atoms with Crippen LogP contribution in [0.3, 0.4) is 0 Å². The predicted molar refractivity (Wildman–Crippen MR) is 85.9 cm³/mol. The van der Waals surface area contributed by atoms with Gasteiger partial charge in [-0.05, 0) is 36.1 Å². The average Bonchev–Trinajstić information content (AvgIpc) is 2.49. The zero-order valence-electron chi connectivity index (χ0n) is 12.3. The Bertz CT molecular complexity index is 616. The monoisotopic (exact) mass is 284 g/mol. The maximum absolute atomic E-state index is 12.1. The molecule has 4 nitrogen and oxygen atoms in total. The zero-order valence-corrected chi connectivity index (χ0v) is 12.3. The van der Waals surface area contributed by atoms with Crippen LogP contribution in [0.2, 0.25) is 0 Å². The maximum atomic E-state index is 12.1. The SMILES string of the molecule is CCc1cccc(CC)c1NC(=O)Nc1ccccc1O. The summed E-state index contributed by atoms with van der Waals surface area (Å²) in [5.74, 6) is 0.0483. The number of phenols is 1. The summed E-state index contributed by atoms with van der Waals surface area (Å²) < 4.78 is 0. The number of amides is 2. The maximum Gasteiger partial charge on any atom is 0.323 e. The lowest BCUT2D eigenvalue weighted by Crippen LogP contribution is -2.21. The van der Waals surface area contributed by atoms with Crippen molar-refractivity contribution in [3.63, 3.8) is 0 Å². The number of rotatable bonds is 4. The molecule has 0 unspecified atom stereocenters. The van der Waals surface area contributed by atoms with E-state index in [1.54, 1.807) is 18.2 Å². The molecule has 2 aromatic rings. The van der Waals surface area contributed by atoms with E-state index >= 15 is 0 Å². The first-order valence-electron chi connectivity index (χ1n) is 7.12. The van der Waals surface area contributed by atoms with Crippen LogP contribution in [0.25, 0.3) is 0 Å². The Balaban J connectivity index is 2.18. The fourth-order valence-corrected chi connectivity index (χ4v) is 2.25. The molecule has 2 aromatic carbocycles. The third kappa shape index (κ3) is 3.54. The molecular formula is C17H20N2O2. The predicted octanol–water partition coefficient (Wildman–Crippen LogP) is 4.16. The third-order valence-corrected chi connectivity index (χ3v) is 3.39. The molecule has 3 N–H and O–H groups in total. The van der Waals surface area contributed by atoms with Crippen molar-refractivity contribution in [2.75, 3.05) is 10.6 Å². The number of anilines is 2. The topological polar surface area (TPSA) is 61.4 Å². The molecule has 21 heavy (non-hydrogen) atoms. The summed E-state index contributed by atoms with van der Waals surface area (Å²) in [6.45, 7) is 4.11. The van der Waals surface area contributed by atoms with E-state index in [9.17, 15) is 9.90 Å². The van der Waals surface area contributed by atoms with Crippen LogP contribution in [-0.4, -0.2) is 11.1 Å². The van der Waals surface area contributed by atoms with Gasteiger partial charge in [0, 0.05) is 5.69 Å². The molecule has 0 aliphatic rings. The van der Waals surface area contributed by atoms with E-state index in [1.807, 2.05) is 18.2 Å². The van der Waals surface area contributed by atoms with Gasteiger partial charge in [0.05, 0.1) is 5.69 Å². The quantitative estimate of drug-likeness (QED) is 0.738. The second-order valence-electron chi connectivity index (χ2n) is 4.75. The highest BCUT2D eigenvalue weighted by Gasteiger charge is 2.11. The number of aromatic hydroxyl groups is 1. The molecule has 0 bridgehead atoms. The molecule has 0 aliphatic carbocycles. The van der Waals surface area contributed by atoms with E-state index in [2.05, 4.69) is 24.5 Å². The molecule has 4 heteroatoms. The molecule has 0 atom stereocenters. The summed E-state index contributed by atoms with van der Waals surface area (Å²) in [7, 11) is 0. The van der Waals surface area contributed by atoms with Crippen LogP contribution in [0.5, 0.6) is 5.75 Å². The fraction of sp³-hybridized carbons (Fsp3) is 0.235. The van der Waals surface area contributed by atoms with Crippen molar-refractivity contribution in [3.8, 4) is 5.75 Å². The van der Waals surface area contributed by atoms with Crippen molar-refractivity contribution < 1.29 is 9.90 Å². The third-order valence-electron chi connectivity index (χ3n) is 3.39. The van der Waals surface area contributed by atoms with E-state index in [0.29, 0.717) is 5.69 Å². The molecule has 0 heterocycles. The normalized spacial score (nSPS) is 10.2. The van der Waals surface area contributed by atoms with Crippen molar-refractivity contribution in [2.24, 2.45) is 0 Å². The minimum absolute atomic E-state index is 0.0483. The van der Waals surface area contributed by atoms with Gasteiger partial charge in [-0.1, -0.05) is 44.2 Å². The lowest BCUT2D eigenvalue weighted by Gasteiger charge is -2.15. The van der Waals surface area contributed by atoms with Crippen LogP contribution in [-0.2, 0) is 12.8 Å². The van der Waals surface area contributed by atoms with Crippen LogP contribution in [0.4, 0.5) is 16.2 Å². The molecule has 110 valence electrons. The minimum atomic E-state index is -0.355. The highest BCUT2D eigenvalue weighted by atomic mass is 16.3. The van der Waals surface area contributed by atoms with Gasteiger partial charge >= 0.3 is 6.03 Å². The first kappa shape index (κ1) is 14.9. The number of benzene rings is 2. The molecule has 0 spiro atoms. The van der Waals surface area contributed by atoms with Gasteiger partial charge in [0.1, 0.15) is 5.75 Å². The Labute approximate surface area is 124 Å². The second kappa shape index (κ2) is 6.79. The van der Waals surface area contributed by atoms with Crippen molar-refractivity contribution >= 4 is 17.4 Å². The summed E-state index contributed by atoms with van der Waals surface area (Å²) in [5.41, 5.74) is 3.45. The van der Waals surface area contributed by atoms with Gasteiger partial charge in [-0.25, -0.2) is 4.79 Å². The Kier molecular flexibility index (Phi) is 4.82. The molecule has 0 saturated heterocycles. The number of carbonyl (C=O) groups excluding carboxylic acids is 1. The smallest absolute Gasteiger partial charge is 0.323 e. The average molecular weight is 284 g/mol. The second-order valence-corrected chi connectivity index (χ2v) is 4.75. The number of phenolic OH excluding ortho intramolecular Hbond substituents is 1. The minimum Gasteiger partial charge on any atom is -0.506 e. The summed E-state index contributed by atoms with van der Waals surface area (Å²) in [6.07, 6.45) is 1.69. The van der Waals surface area contributed by atoms with Crippen molar-refractivity contribution in [3.05, 3.63) is 53.6 Å². The highest BCUT2D eigenvalue weighted by molar-refractivity contribution is 6.01. The van der Waals surface area contributed by atoms with Crippen LogP contribution >= 0.6 is 0 Å². The molecule has 0 fully saturated rings. The van der Waals surface area contributed by atoms with Gasteiger partial charge < -0.3 is 15.7 Å². The zero-order chi connectivity index (χ0) is 15.2. The molecule has 0 aliphatic heterocycles. The summed E-state index contributed by atoms with van der Waals surface area (Å²) >= 11 is 0. The Morgan fingerprint density at radius 2 is 1.57 bits per heavy atom. The number of aryl methyl sites for hydroxylation is 2. The van der Waals surface area contributed by atoms with Crippen LogP contribution in [0.1, 0.15) is 25.0 Å². The van der Waals surface area contributed by atoms with Gasteiger partial charge in [0.2, 0.25) is 0 Å². The van der Waals surface area contributed by atoms with Crippen LogP contribution < -0.4 is 10.6 Å². The van der Waals surface area contributed by atoms with E-state index in [-0.39, 0.29) is 11.8 Å². The molecule has 2 amide bonds. The van der Waals surface area contributed by atoms with E-state index in [0.717, 1.165) is 29.7 Å². The summed E-state index contributed by atoms with van der Waals surface area (Å²) in [4.78, 5) is 12.1.